The maximum absolute atomic E-state index is 11.0. The number of carboxylic acid groups (broad SMARTS) is 1. The summed E-state index contributed by atoms with van der Waals surface area (Å²) in [4.78, 5) is 11.8. The summed E-state index contributed by atoms with van der Waals surface area (Å²) >= 11 is 13.1. The summed E-state index contributed by atoms with van der Waals surface area (Å²) in [7, 11) is 0. The van der Waals surface area contributed by atoms with Gasteiger partial charge in [0.15, 0.2) is 0 Å². The van der Waals surface area contributed by atoms with E-state index in [0.29, 0.717) is 17.4 Å². The largest absolute Gasteiger partial charge is 0.493 e. The number of halogens is 2. The Hall–Kier alpha value is -1.36. The molecule has 1 N–H and O–H groups in total. The Balaban J connectivity index is 1.85. The Kier molecular flexibility index (Phi) is 5.79. The molecule has 0 heterocycles. The van der Waals surface area contributed by atoms with Gasteiger partial charge in [-0.3, -0.25) is 0 Å². The molecule has 6 heteroatoms. The summed E-state index contributed by atoms with van der Waals surface area (Å²) in [6.07, 6.45) is 0. The average molecular weight is 343 g/mol. The zero-order valence-electron chi connectivity index (χ0n) is 10.9. The van der Waals surface area contributed by atoms with Crippen molar-refractivity contribution in [1.82, 2.24) is 0 Å². The van der Waals surface area contributed by atoms with Crippen LogP contribution in [0.3, 0.4) is 0 Å². The first kappa shape index (κ1) is 16.0. The Bertz CT molecular complexity index is 629. The molecule has 21 heavy (non-hydrogen) atoms. The van der Waals surface area contributed by atoms with Crippen LogP contribution in [0.1, 0.15) is 10.4 Å². The highest BCUT2D eigenvalue weighted by Gasteiger charge is 2.09. The Labute approximate surface area is 136 Å². The van der Waals surface area contributed by atoms with Gasteiger partial charge in [0.25, 0.3) is 0 Å². The van der Waals surface area contributed by atoms with E-state index in [-0.39, 0.29) is 10.6 Å². The number of aromatic carboxylic acids is 1. The smallest absolute Gasteiger partial charge is 0.337 e. The minimum atomic E-state index is -1.03. The third-order valence-electron chi connectivity index (χ3n) is 2.60. The lowest BCUT2D eigenvalue weighted by molar-refractivity contribution is 0.0697. The van der Waals surface area contributed by atoms with Gasteiger partial charge in [-0.15, -0.1) is 11.8 Å². The maximum atomic E-state index is 11.0. The number of rotatable bonds is 6. The van der Waals surface area contributed by atoms with E-state index >= 15 is 0 Å². The topological polar surface area (TPSA) is 46.5 Å². The highest BCUT2D eigenvalue weighted by molar-refractivity contribution is 7.99. The minimum absolute atomic E-state index is 0.111. The summed E-state index contributed by atoms with van der Waals surface area (Å²) in [5, 5.41) is 9.91. The molecule has 110 valence electrons. The molecule has 0 spiro atoms. The molecule has 0 fully saturated rings. The molecule has 0 bridgehead atoms. The van der Waals surface area contributed by atoms with Gasteiger partial charge >= 0.3 is 5.97 Å². The zero-order valence-corrected chi connectivity index (χ0v) is 13.2. The zero-order chi connectivity index (χ0) is 15.2. The number of hydrogen-bond acceptors (Lipinski definition) is 3. The summed E-state index contributed by atoms with van der Waals surface area (Å²) in [6.45, 7) is 0.511. The van der Waals surface area contributed by atoms with E-state index in [1.807, 2.05) is 0 Å². The summed E-state index contributed by atoms with van der Waals surface area (Å²) in [5.41, 5.74) is 0.111. The molecule has 0 aromatic heterocycles. The normalized spacial score (nSPS) is 10.4. The average Bonchev–Trinajstić information content (AvgIpc) is 2.46. The van der Waals surface area contributed by atoms with Gasteiger partial charge in [-0.25, -0.2) is 4.79 Å². The van der Waals surface area contributed by atoms with Crippen molar-refractivity contribution in [3.8, 4) is 5.75 Å². The van der Waals surface area contributed by atoms with E-state index in [4.69, 9.17) is 33.0 Å². The van der Waals surface area contributed by atoms with Crippen LogP contribution < -0.4 is 4.74 Å². The fraction of sp³-hybridized carbons (Fsp3) is 0.133. The molecular weight excluding hydrogens is 331 g/mol. The van der Waals surface area contributed by atoms with Crippen LogP contribution in [0.15, 0.2) is 47.4 Å². The number of carbonyl (C=O) groups is 1. The lowest BCUT2D eigenvalue weighted by Crippen LogP contribution is -2.01. The fourth-order valence-corrected chi connectivity index (χ4v) is 2.70. The van der Waals surface area contributed by atoms with Crippen molar-refractivity contribution in [3.05, 3.63) is 58.1 Å². The van der Waals surface area contributed by atoms with E-state index in [0.717, 1.165) is 10.6 Å². The molecule has 0 amide bonds. The standard InChI is InChI=1S/C15H12Cl2O3S/c16-10-1-3-11(4-2-10)20-7-8-21-12-5-6-14(17)13(9-12)15(18)19/h1-6,9H,7-8H2,(H,18,19). The van der Waals surface area contributed by atoms with Crippen molar-refractivity contribution in [2.24, 2.45) is 0 Å². The van der Waals surface area contributed by atoms with E-state index in [9.17, 15) is 4.79 Å². The molecule has 0 aliphatic rings. The molecule has 0 aliphatic heterocycles. The van der Waals surface area contributed by atoms with Gasteiger partial charge < -0.3 is 9.84 Å². The van der Waals surface area contributed by atoms with E-state index in [1.54, 1.807) is 42.5 Å². The molecule has 0 saturated heterocycles. The second kappa shape index (κ2) is 7.59. The van der Waals surface area contributed by atoms with Gasteiger partial charge in [-0.1, -0.05) is 23.2 Å². The van der Waals surface area contributed by atoms with Crippen LogP contribution in [0.5, 0.6) is 5.75 Å². The van der Waals surface area contributed by atoms with Gasteiger partial charge in [0.05, 0.1) is 17.2 Å². The van der Waals surface area contributed by atoms with Crippen molar-refractivity contribution in [2.75, 3.05) is 12.4 Å². The van der Waals surface area contributed by atoms with Crippen LogP contribution in [0.2, 0.25) is 10.0 Å². The van der Waals surface area contributed by atoms with Crippen LogP contribution in [0.25, 0.3) is 0 Å². The summed E-state index contributed by atoms with van der Waals surface area (Å²) < 4.78 is 5.56. The number of thioether (sulfide) groups is 1. The molecular formula is C15H12Cl2O3S. The van der Waals surface area contributed by atoms with Crippen LogP contribution in [0, 0.1) is 0 Å². The molecule has 0 saturated carbocycles. The van der Waals surface area contributed by atoms with Crippen molar-refractivity contribution in [2.45, 2.75) is 4.90 Å². The van der Waals surface area contributed by atoms with Crippen molar-refractivity contribution in [1.29, 1.82) is 0 Å². The second-order valence-electron chi connectivity index (χ2n) is 4.10. The number of carboxylic acids is 1. The summed E-state index contributed by atoms with van der Waals surface area (Å²) in [6, 6.07) is 12.1. The van der Waals surface area contributed by atoms with E-state index in [1.165, 1.54) is 11.8 Å². The Morgan fingerprint density at radius 1 is 1.14 bits per heavy atom. The van der Waals surface area contributed by atoms with Crippen LogP contribution in [0.4, 0.5) is 0 Å². The molecule has 0 radical (unpaired) electrons. The number of benzene rings is 2. The quantitative estimate of drug-likeness (QED) is 0.601. The van der Waals surface area contributed by atoms with Gasteiger partial charge in [0, 0.05) is 15.7 Å². The van der Waals surface area contributed by atoms with Crippen LogP contribution >= 0.6 is 35.0 Å². The highest BCUT2D eigenvalue weighted by Crippen LogP contribution is 2.25. The molecule has 3 nitrogen and oxygen atoms in total. The molecule has 2 rings (SSSR count). The Morgan fingerprint density at radius 3 is 2.52 bits per heavy atom. The van der Waals surface area contributed by atoms with Crippen molar-refractivity contribution >= 4 is 40.9 Å². The predicted octanol–water partition coefficient (Wildman–Crippen LogP) is 4.86. The number of ether oxygens (including phenoxy) is 1. The van der Waals surface area contributed by atoms with Crippen LogP contribution in [-0.4, -0.2) is 23.4 Å². The van der Waals surface area contributed by atoms with Gasteiger partial charge in [-0.05, 0) is 42.5 Å². The molecule has 0 unspecified atom stereocenters. The lowest BCUT2D eigenvalue weighted by atomic mass is 10.2. The predicted molar refractivity (Wildman–Crippen MR) is 86.1 cm³/mol. The maximum Gasteiger partial charge on any atom is 0.337 e. The van der Waals surface area contributed by atoms with Crippen molar-refractivity contribution < 1.29 is 14.6 Å². The first-order valence-electron chi connectivity index (χ1n) is 6.10. The number of hydrogen-bond donors (Lipinski definition) is 1. The third kappa shape index (κ3) is 4.84. The lowest BCUT2D eigenvalue weighted by Gasteiger charge is -2.07. The SMILES string of the molecule is O=C(O)c1cc(SCCOc2ccc(Cl)cc2)ccc1Cl. The monoisotopic (exact) mass is 342 g/mol. The highest BCUT2D eigenvalue weighted by atomic mass is 35.5. The first-order chi connectivity index (χ1) is 10.1. The molecule has 0 atom stereocenters. The van der Waals surface area contributed by atoms with Crippen molar-refractivity contribution in [3.63, 3.8) is 0 Å². The van der Waals surface area contributed by atoms with Gasteiger partial charge in [-0.2, -0.15) is 0 Å². The third-order valence-corrected chi connectivity index (χ3v) is 4.14. The molecule has 0 aliphatic carbocycles. The molecule has 2 aromatic carbocycles. The Morgan fingerprint density at radius 2 is 1.86 bits per heavy atom. The van der Waals surface area contributed by atoms with Gasteiger partial charge in [0.2, 0.25) is 0 Å². The second-order valence-corrected chi connectivity index (χ2v) is 6.11. The van der Waals surface area contributed by atoms with Gasteiger partial charge in [0.1, 0.15) is 5.75 Å². The fourth-order valence-electron chi connectivity index (χ4n) is 1.61. The molecule has 2 aromatic rings. The van der Waals surface area contributed by atoms with Crippen LogP contribution in [-0.2, 0) is 0 Å². The first-order valence-corrected chi connectivity index (χ1v) is 7.84. The van der Waals surface area contributed by atoms with E-state index < -0.39 is 5.97 Å². The minimum Gasteiger partial charge on any atom is -0.493 e. The summed E-state index contributed by atoms with van der Waals surface area (Å²) in [5.74, 6) is 0.422. The van der Waals surface area contributed by atoms with E-state index in [2.05, 4.69) is 0 Å².